The molecule has 0 aliphatic carbocycles. The third kappa shape index (κ3) is 11.4. The van der Waals surface area contributed by atoms with E-state index >= 15 is 0 Å². The van der Waals surface area contributed by atoms with Crippen LogP contribution in [-0.4, -0.2) is 24.3 Å². The number of hydrogen-bond donors (Lipinski definition) is 1. The second-order valence-electron chi connectivity index (χ2n) is 4.39. The summed E-state index contributed by atoms with van der Waals surface area (Å²) in [4.78, 5) is 10.7. The summed E-state index contributed by atoms with van der Waals surface area (Å²) in [6.45, 7) is 2.20. The van der Waals surface area contributed by atoms with Gasteiger partial charge in [0.2, 0.25) is 0 Å². The van der Waals surface area contributed by atoms with Gasteiger partial charge in [-0.05, 0) is 6.42 Å². The highest BCUT2D eigenvalue weighted by Gasteiger charge is 1.98. The molecular formula is C15H26O3. The molecule has 0 amide bonds. The Bertz CT molecular complexity index is 256. The van der Waals surface area contributed by atoms with Gasteiger partial charge in [0.1, 0.15) is 0 Å². The SMILES string of the molecule is CCCCCCCC[C@H](O)/C=C/C=C/C(=O)OC. The lowest BCUT2D eigenvalue weighted by Gasteiger charge is -2.04. The summed E-state index contributed by atoms with van der Waals surface area (Å²) < 4.78 is 4.45. The van der Waals surface area contributed by atoms with Crippen LogP contribution >= 0.6 is 0 Å². The minimum Gasteiger partial charge on any atom is -0.466 e. The van der Waals surface area contributed by atoms with Crippen LogP contribution < -0.4 is 0 Å². The Labute approximate surface area is 111 Å². The lowest BCUT2D eigenvalue weighted by molar-refractivity contribution is -0.134. The Hall–Kier alpha value is -1.09. The molecule has 0 aliphatic heterocycles. The topological polar surface area (TPSA) is 46.5 Å². The maximum atomic E-state index is 10.7. The van der Waals surface area contributed by atoms with Crippen molar-refractivity contribution in [3.05, 3.63) is 24.3 Å². The van der Waals surface area contributed by atoms with Gasteiger partial charge >= 0.3 is 5.97 Å². The Morgan fingerprint density at radius 2 is 1.83 bits per heavy atom. The van der Waals surface area contributed by atoms with Crippen LogP contribution in [0.4, 0.5) is 0 Å². The zero-order valence-corrected chi connectivity index (χ0v) is 11.6. The van der Waals surface area contributed by atoms with Gasteiger partial charge in [-0.25, -0.2) is 4.79 Å². The number of carbonyl (C=O) groups excluding carboxylic acids is 1. The van der Waals surface area contributed by atoms with Crippen LogP contribution in [0.5, 0.6) is 0 Å². The van der Waals surface area contributed by atoms with Gasteiger partial charge in [0.25, 0.3) is 0 Å². The van der Waals surface area contributed by atoms with Crippen LogP contribution in [0.25, 0.3) is 0 Å². The Kier molecular flexibility index (Phi) is 11.6. The van der Waals surface area contributed by atoms with E-state index in [0.717, 1.165) is 12.8 Å². The van der Waals surface area contributed by atoms with Gasteiger partial charge in [-0.2, -0.15) is 0 Å². The van der Waals surface area contributed by atoms with Crippen molar-refractivity contribution in [1.82, 2.24) is 0 Å². The largest absolute Gasteiger partial charge is 0.466 e. The van der Waals surface area contributed by atoms with Gasteiger partial charge in [0.05, 0.1) is 13.2 Å². The quantitative estimate of drug-likeness (QED) is 0.281. The number of hydrogen-bond acceptors (Lipinski definition) is 3. The van der Waals surface area contributed by atoms with Crippen LogP contribution in [0.15, 0.2) is 24.3 Å². The third-order valence-corrected chi connectivity index (χ3v) is 2.73. The molecule has 1 N–H and O–H groups in total. The average molecular weight is 254 g/mol. The highest BCUT2D eigenvalue weighted by Crippen LogP contribution is 2.09. The first-order chi connectivity index (χ1) is 8.70. The van der Waals surface area contributed by atoms with E-state index in [1.807, 2.05) is 0 Å². The Balaban J connectivity index is 3.52. The average Bonchev–Trinajstić information content (AvgIpc) is 2.38. The van der Waals surface area contributed by atoms with Crippen molar-refractivity contribution in [2.45, 2.75) is 58.0 Å². The first-order valence-electron chi connectivity index (χ1n) is 6.81. The second kappa shape index (κ2) is 12.4. The van der Waals surface area contributed by atoms with Crippen molar-refractivity contribution >= 4 is 5.97 Å². The van der Waals surface area contributed by atoms with Gasteiger partial charge in [0, 0.05) is 6.08 Å². The van der Waals surface area contributed by atoms with Crippen LogP contribution in [-0.2, 0) is 9.53 Å². The normalized spacial score (nSPS) is 13.3. The number of aliphatic hydroxyl groups excluding tert-OH is 1. The lowest BCUT2D eigenvalue weighted by atomic mass is 10.1. The van der Waals surface area contributed by atoms with E-state index in [2.05, 4.69) is 11.7 Å². The van der Waals surface area contributed by atoms with Crippen LogP contribution in [0, 0.1) is 0 Å². The van der Waals surface area contributed by atoms with Crippen LogP contribution in [0.2, 0.25) is 0 Å². The molecule has 1 atom stereocenters. The minimum absolute atomic E-state index is 0.384. The molecule has 0 radical (unpaired) electrons. The number of methoxy groups -OCH3 is 1. The molecule has 0 rings (SSSR count). The minimum atomic E-state index is -0.418. The molecule has 0 unspecified atom stereocenters. The zero-order chi connectivity index (χ0) is 13.6. The predicted molar refractivity (Wildman–Crippen MR) is 74.3 cm³/mol. The van der Waals surface area contributed by atoms with Crippen molar-refractivity contribution < 1.29 is 14.6 Å². The van der Waals surface area contributed by atoms with Crippen LogP contribution in [0.3, 0.4) is 0 Å². The molecule has 104 valence electrons. The van der Waals surface area contributed by atoms with E-state index in [0.29, 0.717) is 0 Å². The summed E-state index contributed by atoms with van der Waals surface area (Å²) in [6, 6.07) is 0. The molecule has 3 heteroatoms. The molecule has 0 heterocycles. The van der Waals surface area contributed by atoms with Crippen molar-refractivity contribution in [3.8, 4) is 0 Å². The summed E-state index contributed by atoms with van der Waals surface area (Å²) in [5.74, 6) is -0.384. The van der Waals surface area contributed by atoms with E-state index in [9.17, 15) is 9.90 Å². The summed E-state index contributed by atoms with van der Waals surface area (Å²) in [6.07, 6.45) is 14.0. The highest BCUT2D eigenvalue weighted by molar-refractivity contribution is 5.82. The third-order valence-electron chi connectivity index (χ3n) is 2.73. The molecule has 3 nitrogen and oxygen atoms in total. The van der Waals surface area contributed by atoms with Gasteiger partial charge in [0.15, 0.2) is 0 Å². The lowest BCUT2D eigenvalue weighted by Crippen LogP contribution is -2.01. The molecule has 0 saturated carbocycles. The second-order valence-corrected chi connectivity index (χ2v) is 4.39. The summed E-state index contributed by atoms with van der Waals surface area (Å²) in [5.41, 5.74) is 0. The molecular weight excluding hydrogens is 228 g/mol. The molecule has 18 heavy (non-hydrogen) atoms. The number of ether oxygens (including phenoxy) is 1. The van der Waals surface area contributed by atoms with Gasteiger partial charge in [-0.1, -0.05) is 63.7 Å². The molecule has 0 aliphatic rings. The van der Waals surface area contributed by atoms with E-state index in [4.69, 9.17) is 0 Å². The number of aliphatic hydroxyl groups is 1. The summed E-state index contributed by atoms with van der Waals surface area (Å²) in [7, 11) is 1.34. The number of unbranched alkanes of at least 4 members (excludes halogenated alkanes) is 5. The van der Waals surface area contributed by atoms with E-state index in [1.165, 1.54) is 45.3 Å². The van der Waals surface area contributed by atoms with Crippen LogP contribution in [0.1, 0.15) is 51.9 Å². The molecule has 0 bridgehead atoms. The van der Waals surface area contributed by atoms with E-state index in [-0.39, 0.29) is 5.97 Å². The fourth-order valence-electron chi connectivity index (χ4n) is 1.62. The fourth-order valence-corrected chi connectivity index (χ4v) is 1.62. The molecule has 0 saturated heterocycles. The molecule has 0 aromatic heterocycles. The van der Waals surface area contributed by atoms with Crippen molar-refractivity contribution in [3.63, 3.8) is 0 Å². The van der Waals surface area contributed by atoms with Gasteiger partial charge in [-0.3, -0.25) is 0 Å². The zero-order valence-electron chi connectivity index (χ0n) is 11.6. The van der Waals surface area contributed by atoms with E-state index < -0.39 is 6.10 Å². The number of allylic oxidation sites excluding steroid dienone is 2. The summed E-state index contributed by atoms with van der Waals surface area (Å²) in [5, 5.41) is 9.64. The summed E-state index contributed by atoms with van der Waals surface area (Å²) >= 11 is 0. The van der Waals surface area contributed by atoms with Gasteiger partial charge < -0.3 is 9.84 Å². The molecule has 0 fully saturated rings. The number of rotatable bonds is 10. The number of esters is 1. The van der Waals surface area contributed by atoms with Gasteiger partial charge in [-0.15, -0.1) is 0 Å². The standard InChI is InChI=1S/C15H26O3/c1-3-4-5-6-7-8-11-14(16)12-9-10-13-15(17)18-2/h9-10,12-14,16H,3-8,11H2,1-2H3/b12-9+,13-10+/t14-/m0/s1. The molecule has 0 aromatic carbocycles. The maximum Gasteiger partial charge on any atom is 0.330 e. The highest BCUT2D eigenvalue weighted by atomic mass is 16.5. The van der Waals surface area contributed by atoms with Crippen molar-refractivity contribution in [2.75, 3.05) is 7.11 Å². The van der Waals surface area contributed by atoms with Crippen molar-refractivity contribution in [1.29, 1.82) is 0 Å². The Morgan fingerprint density at radius 1 is 1.17 bits per heavy atom. The maximum absolute atomic E-state index is 10.7. The smallest absolute Gasteiger partial charge is 0.330 e. The molecule has 0 aromatic rings. The van der Waals surface area contributed by atoms with E-state index in [1.54, 1.807) is 18.2 Å². The monoisotopic (exact) mass is 254 g/mol. The first kappa shape index (κ1) is 16.9. The molecule has 0 spiro atoms. The van der Waals surface area contributed by atoms with Crippen molar-refractivity contribution in [2.24, 2.45) is 0 Å². The Morgan fingerprint density at radius 3 is 2.50 bits per heavy atom. The fraction of sp³-hybridized carbons (Fsp3) is 0.667. The first-order valence-corrected chi connectivity index (χ1v) is 6.81. The predicted octanol–water partition coefficient (Wildman–Crippen LogP) is 3.38. The number of carbonyl (C=O) groups is 1.